The van der Waals surface area contributed by atoms with Crippen LogP contribution < -0.4 is 0 Å². The van der Waals surface area contributed by atoms with E-state index in [0.717, 1.165) is 12.1 Å². The largest absolute Gasteiger partial charge is 0.416 e. The third-order valence-electron chi connectivity index (χ3n) is 2.04. The highest BCUT2D eigenvalue weighted by molar-refractivity contribution is 6.68. The van der Waals surface area contributed by atoms with E-state index in [2.05, 4.69) is 0 Å². The third-order valence-corrected chi connectivity index (χ3v) is 2.72. The van der Waals surface area contributed by atoms with E-state index in [-0.39, 0.29) is 0 Å². The summed E-state index contributed by atoms with van der Waals surface area (Å²) in [6.45, 7) is 0. The number of aliphatic hydroxyl groups excluding tert-OH is 1. The van der Waals surface area contributed by atoms with Crippen LogP contribution in [0.15, 0.2) is 30.3 Å². The van der Waals surface area contributed by atoms with Gasteiger partial charge in [0.2, 0.25) is 3.79 Å². The van der Waals surface area contributed by atoms with Crippen molar-refractivity contribution in [2.45, 2.75) is 16.1 Å². The molecule has 1 aromatic rings. The van der Waals surface area contributed by atoms with Crippen molar-refractivity contribution in [3.63, 3.8) is 0 Å². The van der Waals surface area contributed by atoms with E-state index in [1.54, 1.807) is 0 Å². The lowest BCUT2D eigenvalue weighted by atomic mass is 10.1. The second kappa shape index (κ2) is 5.70. The minimum atomic E-state index is -4.38. The minimum absolute atomic E-state index is 0.455. The topological polar surface area (TPSA) is 20.2 Å². The summed E-state index contributed by atoms with van der Waals surface area (Å²) in [5, 5.41) is 9.37. The van der Waals surface area contributed by atoms with Crippen LogP contribution in [0, 0.1) is 0 Å². The van der Waals surface area contributed by atoms with Crippen LogP contribution in [0.1, 0.15) is 11.1 Å². The number of hydrogen-bond donors (Lipinski definition) is 1. The van der Waals surface area contributed by atoms with Crippen LogP contribution in [0.2, 0.25) is 0 Å². The summed E-state index contributed by atoms with van der Waals surface area (Å²) in [7, 11) is 0. The molecule has 0 saturated carbocycles. The van der Waals surface area contributed by atoms with Crippen molar-refractivity contribution < 1.29 is 18.3 Å². The second-order valence-electron chi connectivity index (χ2n) is 3.47. The summed E-state index contributed by atoms with van der Waals surface area (Å²) >= 11 is 16.2. The average molecular weight is 320 g/mol. The van der Waals surface area contributed by atoms with Gasteiger partial charge in [0.05, 0.1) is 5.56 Å². The Morgan fingerprint density at radius 2 is 1.56 bits per heavy atom. The molecule has 1 nitrogen and oxygen atoms in total. The number of rotatable bonds is 2. The molecule has 1 unspecified atom stereocenters. The first-order valence-electron chi connectivity index (χ1n) is 4.71. The van der Waals surface area contributed by atoms with Crippen molar-refractivity contribution >= 4 is 40.9 Å². The molecule has 0 heterocycles. The van der Waals surface area contributed by atoms with Gasteiger partial charge in [-0.1, -0.05) is 59.1 Å². The number of aliphatic hydroxyl groups is 1. The smallest absolute Gasteiger partial charge is 0.385 e. The molecule has 0 fully saturated rings. The predicted molar refractivity (Wildman–Crippen MR) is 66.8 cm³/mol. The first-order chi connectivity index (χ1) is 8.10. The van der Waals surface area contributed by atoms with Crippen LogP contribution in [-0.2, 0) is 6.18 Å². The highest BCUT2D eigenvalue weighted by Crippen LogP contribution is 2.31. The number of hydrogen-bond acceptors (Lipinski definition) is 1. The molecule has 0 aliphatic carbocycles. The fourth-order valence-electron chi connectivity index (χ4n) is 1.09. The van der Waals surface area contributed by atoms with E-state index < -0.39 is 21.6 Å². The van der Waals surface area contributed by atoms with Crippen molar-refractivity contribution in [2.24, 2.45) is 0 Å². The van der Waals surface area contributed by atoms with Crippen LogP contribution in [0.4, 0.5) is 13.2 Å². The van der Waals surface area contributed by atoms with E-state index in [1.165, 1.54) is 24.3 Å². The summed E-state index contributed by atoms with van der Waals surface area (Å²) in [5.41, 5.74) is -0.294. The molecule has 1 N–H and O–H groups in total. The maximum atomic E-state index is 12.3. The molecule has 0 saturated heterocycles. The average Bonchev–Trinajstić information content (AvgIpc) is 2.24. The molecule has 18 heavy (non-hydrogen) atoms. The van der Waals surface area contributed by atoms with Gasteiger partial charge >= 0.3 is 6.18 Å². The van der Waals surface area contributed by atoms with Gasteiger partial charge in [-0.05, 0) is 17.7 Å². The van der Waals surface area contributed by atoms with Gasteiger partial charge in [0.15, 0.2) is 0 Å². The van der Waals surface area contributed by atoms with Gasteiger partial charge in [-0.3, -0.25) is 0 Å². The normalized spacial score (nSPS) is 15.1. The second-order valence-corrected chi connectivity index (χ2v) is 5.83. The van der Waals surface area contributed by atoms with E-state index >= 15 is 0 Å². The molecule has 0 bridgehead atoms. The highest BCUT2D eigenvalue weighted by atomic mass is 35.6. The molecule has 0 aromatic heterocycles. The van der Waals surface area contributed by atoms with Gasteiger partial charge < -0.3 is 5.11 Å². The highest BCUT2D eigenvalue weighted by Gasteiger charge is 2.30. The lowest BCUT2D eigenvalue weighted by Gasteiger charge is -2.14. The molecule has 0 aliphatic heterocycles. The van der Waals surface area contributed by atoms with Crippen LogP contribution in [0.5, 0.6) is 0 Å². The monoisotopic (exact) mass is 318 g/mol. The number of alkyl halides is 6. The first-order valence-corrected chi connectivity index (χ1v) is 5.84. The summed E-state index contributed by atoms with van der Waals surface area (Å²) in [5.74, 6) is 0. The molecular weight excluding hydrogens is 311 g/mol. The van der Waals surface area contributed by atoms with Crippen molar-refractivity contribution in [3.05, 3.63) is 41.5 Å². The summed E-state index contributed by atoms with van der Waals surface area (Å²) in [6, 6.07) is 4.37. The predicted octanol–water partition coefficient (Wildman–Crippen LogP) is 4.45. The quantitative estimate of drug-likeness (QED) is 0.799. The summed E-state index contributed by atoms with van der Waals surface area (Å²) in [4.78, 5) is 0. The van der Waals surface area contributed by atoms with E-state index in [4.69, 9.17) is 34.8 Å². The Hall–Kier alpha value is -0.420. The number of halogens is 6. The van der Waals surface area contributed by atoms with Gasteiger partial charge in [-0.15, -0.1) is 0 Å². The molecule has 0 radical (unpaired) electrons. The van der Waals surface area contributed by atoms with E-state index in [9.17, 15) is 18.3 Å². The van der Waals surface area contributed by atoms with Gasteiger partial charge in [-0.2, -0.15) is 13.2 Å². The Morgan fingerprint density at radius 3 is 1.94 bits per heavy atom. The molecule has 0 amide bonds. The molecule has 1 atom stereocenters. The molecule has 100 valence electrons. The van der Waals surface area contributed by atoms with Crippen LogP contribution in [0.3, 0.4) is 0 Å². The fourth-order valence-corrected chi connectivity index (χ4v) is 1.31. The molecule has 7 heteroatoms. The van der Waals surface area contributed by atoms with Crippen LogP contribution in [0.25, 0.3) is 6.08 Å². The maximum Gasteiger partial charge on any atom is 0.416 e. The lowest BCUT2D eigenvalue weighted by molar-refractivity contribution is -0.137. The van der Waals surface area contributed by atoms with Crippen molar-refractivity contribution in [2.75, 3.05) is 0 Å². The Bertz CT molecular complexity index is 421. The molecule has 0 spiro atoms. The van der Waals surface area contributed by atoms with E-state index in [1.807, 2.05) is 0 Å². The Balaban J connectivity index is 2.79. The minimum Gasteiger partial charge on any atom is -0.385 e. The first kappa shape index (κ1) is 15.6. The zero-order valence-corrected chi connectivity index (χ0v) is 11.0. The Morgan fingerprint density at radius 1 is 1.06 bits per heavy atom. The van der Waals surface area contributed by atoms with Gasteiger partial charge in [-0.25, -0.2) is 0 Å². The third kappa shape index (κ3) is 4.69. The van der Waals surface area contributed by atoms with Gasteiger partial charge in [0.1, 0.15) is 6.10 Å². The molecule has 0 aliphatic rings. The zero-order valence-electron chi connectivity index (χ0n) is 8.76. The standard InChI is InChI=1S/C11H8Cl3F3O/c12-10(13,14)9(18)6-3-7-1-4-8(5-2-7)11(15,16)17/h1-6,9,18H/b6-3+. The Kier molecular flexibility index (Phi) is 4.95. The van der Waals surface area contributed by atoms with Crippen molar-refractivity contribution in [1.82, 2.24) is 0 Å². The molecule has 1 aromatic carbocycles. The van der Waals surface area contributed by atoms with Crippen molar-refractivity contribution in [3.8, 4) is 0 Å². The van der Waals surface area contributed by atoms with Gasteiger partial charge in [0, 0.05) is 0 Å². The van der Waals surface area contributed by atoms with Crippen LogP contribution in [-0.4, -0.2) is 15.0 Å². The van der Waals surface area contributed by atoms with Gasteiger partial charge in [0.25, 0.3) is 0 Å². The SMILES string of the molecule is OC(/C=C/c1ccc(C(F)(F)F)cc1)C(Cl)(Cl)Cl. The zero-order chi connectivity index (χ0) is 14.0. The fraction of sp³-hybridized carbons (Fsp3) is 0.273. The number of benzene rings is 1. The van der Waals surface area contributed by atoms with Crippen LogP contribution >= 0.6 is 34.8 Å². The Labute approximate surface area is 117 Å². The lowest BCUT2D eigenvalue weighted by Crippen LogP contribution is -2.22. The summed E-state index contributed by atoms with van der Waals surface area (Å²) < 4.78 is 35.0. The maximum absolute atomic E-state index is 12.3. The molecule has 1 rings (SSSR count). The van der Waals surface area contributed by atoms with E-state index in [0.29, 0.717) is 5.56 Å². The summed E-state index contributed by atoms with van der Waals surface area (Å²) in [6.07, 6.45) is -3.16. The molecular formula is C11H8Cl3F3O. The van der Waals surface area contributed by atoms with Crippen molar-refractivity contribution in [1.29, 1.82) is 0 Å².